The van der Waals surface area contributed by atoms with Crippen molar-refractivity contribution in [3.8, 4) is 79.2 Å². The highest BCUT2D eigenvalue weighted by Gasteiger charge is 2.48. The first-order chi connectivity index (χ1) is 28.2. The number of ether oxygens (including phenoxy) is 2. The van der Waals surface area contributed by atoms with E-state index in [9.17, 15) is 0 Å². The summed E-state index contributed by atoms with van der Waals surface area (Å²) in [5.74, 6) is 3.25. The van der Waals surface area contributed by atoms with Crippen molar-refractivity contribution in [2.24, 2.45) is 0 Å². The van der Waals surface area contributed by atoms with E-state index in [2.05, 4.69) is 164 Å². The molecule has 0 radical (unpaired) electrons. The lowest BCUT2D eigenvalue weighted by Crippen LogP contribution is -2.28. The second-order valence-corrected chi connectivity index (χ2v) is 14.5. The Bertz CT molecular complexity index is 2910. The van der Waals surface area contributed by atoms with Crippen LogP contribution in [0.3, 0.4) is 0 Å². The van der Waals surface area contributed by atoms with Crippen LogP contribution >= 0.6 is 0 Å². The predicted molar refractivity (Wildman–Crippen MR) is 228 cm³/mol. The molecule has 0 spiro atoms. The fourth-order valence-electron chi connectivity index (χ4n) is 8.67. The van der Waals surface area contributed by atoms with Crippen molar-refractivity contribution in [3.63, 3.8) is 0 Å². The summed E-state index contributed by atoms with van der Waals surface area (Å²) in [6.07, 6.45) is 0. The van der Waals surface area contributed by atoms with Gasteiger partial charge in [0, 0.05) is 22.3 Å². The van der Waals surface area contributed by atoms with E-state index in [1.165, 1.54) is 22.3 Å². The van der Waals surface area contributed by atoms with Crippen molar-refractivity contribution in [1.29, 1.82) is 0 Å². The summed E-state index contributed by atoms with van der Waals surface area (Å²) in [6, 6.07) is 71.8. The Morgan fingerprint density at radius 1 is 0.351 bits per heavy atom. The maximum absolute atomic E-state index is 6.91. The molecule has 0 N–H and O–H groups in total. The molecule has 0 saturated heterocycles. The third-order valence-corrected chi connectivity index (χ3v) is 11.2. The van der Waals surface area contributed by atoms with Crippen LogP contribution in [0.4, 0.5) is 0 Å². The van der Waals surface area contributed by atoms with E-state index in [4.69, 9.17) is 19.4 Å². The molecule has 4 heteroatoms. The fourth-order valence-corrected chi connectivity index (χ4v) is 8.67. The first-order valence-corrected chi connectivity index (χ1v) is 19.2. The molecular formula is C53H34N2O2. The molecule has 1 aliphatic carbocycles. The Kier molecular flexibility index (Phi) is 7.68. The lowest BCUT2D eigenvalue weighted by atomic mass is 9.68. The molecule has 1 aromatic heterocycles. The van der Waals surface area contributed by atoms with Crippen molar-refractivity contribution in [2.45, 2.75) is 5.41 Å². The molecule has 0 unspecified atom stereocenters. The summed E-state index contributed by atoms with van der Waals surface area (Å²) < 4.78 is 13.7. The van der Waals surface area contributed by atoms with Gasteiger partial charge >= 0.3 is 0 Å². The molecule has 2 aliphatic rings. The highest BCUT2D eigenvalue weighted by atomic mass is 16.6. The van der Waals surface area contributed by atoms with E-state index in [1.54, 1.807) is 0 Å². The highest BCUT2D eigenvalue weighted by Crippen LogP contribution is 2.62. The van der Waals surface area contributed by atoms with Gasteiger partial charge in [-0.15, -0.1) is 0 Å². The Morgan fingerprint density at radius 2 is 0.930 bits per heavy atom. The maximum Gasteiger partial charge on any atom is 0.178 e. The van der Waals surface area contributed by atoms with E-state index in [1.807, 2.05) is 42.5 Å². The van der Waals surface area contributed by atoms with Crippen LogP contribution in [-0.4, -0.2) is 9.97 Å². The zero-order valence-electron chi connectivity index (χ0n) is 30.8. The minimum atomic E-state index is -0.531. The average Bonchev–Trinajstić information content (AvgIpc) is 3.61. The molecule has 9 aromatic rings. The van der Waals surface area contributed by atoms with Gasteiger partial charge in [0.1, 0.15) is 0 Å². The van der Waals surface area contributed by atoms with Gasteiger partial charge in [-0.1, -0.05) is 170 Å². The van der Waals surface area contributed by atoms with Crippen molar-refractivity contribution < 1.29 is 9.47 Å². The van der Waals surface area contributed by atoms with Gasteiger partial charge in [0.25, 0.3) is 0 Å². The molecule has 0 atom stereocenters. The number of hydrogen-bond acceptors (Lipinski definition) is 4. The van der Waals surface area contributed by atoms with Gasteiger partial charge in [-0.25, -0.2) is 9.97 Å². The van der Waals surface area contributed by atoms with Gasteiger partial charge in [0.2, 0.25) is 0 Å². The van der Waals surface area contributed by atoms with E-state index in [0.29, 0.717) is 23.1 Å². The summed E-state index contributed by atoms with van der Waals surface area (Å²) in [6.45, 7) is 0. The van der Waals surface area contributed by atoms with Crippen molar-refractivity contribution >= 4 is 0 Å². The van der Waals surface area contributed by atoms with Crippen LogP contribution in [0.1, 0.15) is 22.3 Å². The van der Waals surface area contributed by atoms with Crippen LogP contribution in [0, 0.1) is 0 Å². The van der Waals surface area contributed by atoms with Crippen LogP contribution in [0.2, 0.25) is 0 Å². The first-order valence-electron chi connectivity index (χ1n) is 19.2. The summed E-state index contributed by atoms with van der Waals surface area (Å²) in [4.78, 5) is 10.3. The number of nitrogens with zero attached hydrogens (tertiary/aromatic N) is 2. The molecule has 4 nitrogen and oxygen atoms in total. The second kappa shape index (κ2) is 13.3. The molecule has 0 amide bonds. The number of fused-ring (bicyclic) bond motifs is 6. The average molecular weight is 731 g/mol. The Morgan fingerprint density at radius 3 is 1.65 bits per heavy atom. The predicted octanol–water partition coefficient (Wildman–Crippen LogP) is 13.4. The molecule has 8 aromatic carbocycles. The maximum atomic E-state index is 6.91. The molecular weight excluding hydrogens is 697 g/mol. The van der Waals surface area contributed by atoms with E-state index in [-0.39, 0.29) is 0 Å². The van der Waals surface area contributed by atoms with E-state index < -0.39 is 5.41 Å². The highest BCUT2D eigenvalue weighted by molar-refractivity contribution is 5.92. The standard InChI is InChI=1S/C53H34N2O2/c1-5-16-35(17-6-1)37-20-15-21-38(32-37)46-34-45(36-18-7-2-8-19-36)54-52(55-46)39-28-30-47-49(33-39)56-48-31-29-44-50(51(48)57-47)42-26-13-14-27-43(42)53(44,40-22-9-3-10-23-40)41-24-11-4-12-25-41/h1-34H. The molecule has 0 fully saturated rings. The molecule has 0 saturated carbocycles. The van der Waals surface area contributed by atoms with Gasteiger partial charge in [0.05, 0.1) is 16.8 Å². The Labute approximate surface area is 331 Å². The number of hydrogen-bond donors (Lipinski definition) is 0. The quantitative estimate of drug-likeness (QED) is 0.171. The summed E-state index contributed by atoms with van der Waals surface area (Å²) in [5, 5.41) is 0. The third kappa shape index (κ3) is 5.37. The number of aromatic nitrogens is 2. The summed E-state index contributed by atoms with van der Waals surface area (Å²) >= 11 is 0. The van der Waals surface area contributed by atoms with Crippen molar-refractivity contribution in [2.75, 3.05) is 0 Å². The van der Waals surface area contributed by atoms with Gasteiger partial charge < -0.3 is 9.47 Å². The Balaban J connectivity index is 1.02. The van der Waals surface area contributed by atoms with Gasteiger partial charge in [-0.3, -0.25) is 0 Å². The summed E-state index contributed by atoms with van der Waals surface area (Å²) in [5.41, 5.74) is 13.3. The molecule has 0 bridgehead atoms. The van der Waals surface area contributed by atoms with Crippen LogP contribution in [0.25, 0.3) is 56.2 Å². The van der Waals surface area contributed by atoms with Gasteiger partial charge in [0.15, 0.2) is 28.8 Å². The molecule has 1 aliphatic heterocycles. The first kappa shape index (κ1) is 32.8. The number of benzene rings is 8. The zero-order chi connectivity index (χ0) is 37.8. The molecule has 11 rings (SSSR count). The zero-order valence-corrected chi connectivity index (χ0v) is 30.8. The lowest BCUT2D eigenvalue weighted by Gasteiger charge is -2.34. The topological polar surface area (TPSA) is 44.2 Å². The number of rotatable bonds is 6. The molecule has 2 heterocycles. The van der Waals surface area contributed by atoms with Crippen LogP contribution in [0.15, 0.2) is 206 Å². The van der Waals surface area contributed by atoms with E-state index in [0.717, 1.165) is 56.1 Å². The lowest BCUT2D eigenvalue weighted by molar-refractivity contribution is 0.360. The minimum Gasteiger partial charge on any atom is -0.449 e. The molecule has 57 heavy (non-hydrogen) atoms. The molecule has 268 valence electrons. The van der Waals surface area contributed by atoms with Crippen molar-refractivity contribution in [1.82, 2.24) is 9.97 Å². The fraction of sp³-hybridized carbons (Fsp3) is 0.0189. The van der Waals surface area contributed by atoms with Crippen LogP contribution < -0.4 is 9.47 Å². The third-order valence-electron chi connectivity index (χ3n) is 11.2. The summed E-state index contributed by atoms with van der Waals surface area (Å²) in [7, 11) is 0. The normalized spacial score (nSPS) is 13.0. The van der Waals surface area contributed by atoms with Crippen molar-refractivity contribution in [3.05, 3.63) is 229 Å². The van der Waals surface area contributed by atoms with Gasteiger partial charge in [-0.05, 0) is 75.3 Å². The second-order valence-electron chi connectivity index (χ2n) is 14.5. The Hall–Kier alpha value is -7.56. The van der Waals surface area contributed by atoms with E-state index >= 15 is 0 Å². The largest absolute Gasteiger partial charge is 0.449 e. The minimum absolute atomic E-state index is 0.531. The van der Waals surface area contributed by atoms with Crippen LogP contribution in [-0.2, 0) is 5.41 Å². The van der Waals surface area contributed by atoms with Gasteiger partial charge in [-0.2, -0.15) is 0 Å². The monoisotopic (exact) mass is 730 g/mol. The van der Waals surface area contributed by atoms with Crippen LogP contribution in [0.5, 0.6) is 23.0 Å². The smallest absolute Gasteiger partial charge is 0.178 e. The SMILES string of the molecule is c1ccc(-c2cccc(-c3cc(-c4ccccc4)nc(-c4ccc5c(c4)Oc4ccc6c(c4O5)-c4ccccc4C6(c4ccccc4)c4ccccc4)n3)c2)cc1.